The van der Waals surface area contributed by atoms with Crippen LogP contribution in [0.5, 0.6) is 0 Å². The SMILES string of the molecule is CSc1ccc(-c2noc(CSc3cc(N4CC(C)CC(C)C4)ncn3)n2)cc1. The molecule has 1 fully saturated rings. The third-order valence-electron chi connectivity index (χ3n) is 4.98. The lowest BCUT2D eigenvalue weighted by atomic mass is 9.92. The van der Waals surface area contributed by atoms with E-state index in [0.717, 1.165) is 29.5 Å². The minimum absolute atomic E-state index is 0.582. The predicted octanol–water partition coefficient (Wildman–Crippen LogP) is 5.02. The Bertz CT molecular complexity index is 936. The van der Waals surface area contributed by atoms with Gasteiger partial charge < -0.3 is 9.42 Å². The van der Waals surface area contributed by atoms with Gasteiger partial charge in [-0.15, -0.1) is 11.8 Å². The van der Waals surface area contributed by atoms with E-state index in [0.29, 0.717) is 29.3 Å². The van der Waals surface area contributed by atoms with Gasteiger partial charge in [0.25, 0.3) is 0 Å². The molecule has 0 saturated carbocycles. The maximum atomic E-state index is 5.43. The number of rotatable bonds is 6. The molecule has 0 N–H and O–H groups in total. The van der Waals surface area contributed by atoms with E-state index in [2.05, 4.69) is 63.3 Å². The largest absolute Gasteiger partial charge is 0.356 e. The summed E-state index contributed by atoms with van der Waals surface area (Å²) in [6.07, 6.45) is 4.99. The van der Waals surface area contributed by atoms with Crippen LogP contribution in [-0.2, 0) is 5.75 Å². The lowest BCUT2D eigenvalue weighted by Gasteiger charge is -2.35. The third-order valence-corrected chi connectivity index (χ3v) is 6.63. The molecule has 2 aromatic heterocycles. The van der Waals surface area contributed by atoms with Gasteiger partial charge in [-0.05, 0) is 48.8 Å². The zero-order valence-electron chi connectivity index (χ0n) is 16.9. The highest BCUT2D eigenvalue weighted by atomic mass is 32.2. The van der Waals surface area contributed by atoms with Gasteiger partial charge in [0.05, 0.1) is 5.75 Å². The molecule has 1 aliphatic heterocycles. The van der Waals surface area contributed by atoms with Crippen molar-refractivity contribution < 1.29 is 4.52 Å². The zero-order valence-corrected chi connectivity index (χ0v) is 18.5. The van der Waals surface area contributed by atoms with Crippen LogP contribution in [0.2, 0.25) is 0 Å². The Labute approximate surface area is 179 Å². The van der Waals surface area contributed by atoms with Crippen molar-refractivity contribution in [1.82, 2.24) is 20.1 Å². The Morgan fingerprint density at radius 1 is 1.10 bits per heavy atom. The number of benzene rings is 1. The van der Waals surface area contributed by atoms with Crippen LogP contribution in [0, 0.1) is 11.8 Å². The third kappa shape index (κ3) is 5.11. The van der Waals surface area contributed by atoms with Crippen molar-refractivity contribution in [2.75, 3.05) is 24.2 Å². The van der Waals surface area contributed by atoms with E-state index in [-0.39, 0.29) is 0 Å². The van der Waals surface area contributed by atoms with Gasteiger partial charge in [-0.1, -0.05) is 30.8 Å². The molecule has 1 aromatic carbocycles. The molecule has 152 valence electrons. The monoisotopic (exact) mass is 427 g/mol. The number of anilines is 1. The molecule has 0 spiro atoms. The van der Waals surface area contributed by atoms with Crippen LogP contribution in [-0.4, -0.2) is 39.5 Å². The highest BCUT2D eigenvalue weighted by Crippen LogP contribution is 2.28. The summed E-state index contributed by atoms with van der Waals surface area (Å²) in [5, 5.41) is 5.04. The van der Waals surface area contributed by atoms with Gasteiger partial charge in [-0.2, -0.15) is 4.98 Å². The van der Waals surface area contributed by atoms with Crippen LogP contribution < -0.4 is 4.90 Å². The highest BCUT2D eigenvalue weighted by molar-refractivity contribution is 7.98. The van der Waals surface area contributed by atoms with Crippen molar-refractivity contribution in [3.63, 3.8) is 0 Å². The van der Waals surface area contributed by atoms with Gasteiger partial charge >= 0.3 is 0 Å². The van der Waals surface area contributed by atoms with Crippen molar-refractivity contribution in [3.8, 4) is 11.4 Å². The first-order valence-corrected chi connectivity index (χ1v) is 12.0. The molecule has 1 saturated heterocycles. The summed E-state index contributed by atoms with van der Waals surface area (Å²) >= 11 is 3.30. The minimum atomic E-state index is 0.582. The average Bonchev–Trinajstić information content (AvgIpc) is 3.21. The second-order valence-electron chi connectivity index (χ2n) is 7.59. The zero-order chi connectivity index (χ0) is 20.2. The fourth-order valence-corrected chi connectivity index (χ4v) is 4.85. The maximum absolute atomic E-state index is 5.43. The summed E-state index contributed by atoms with van der Waals surface area (Å²) in [7, 11) is 0. The van der Waals surface area contributed by atoms with Gasteiger partial charge in [0.2, 0.25) is 11.7 Å². The minimum Gasteiger partial charge on any atom is -0.356 e. The van der Waals surface area contributed by atoms with E-state index in [1.165, 1.54) is 11.3 Å². The topological polar surface area (TPSA) is 67.9 Å². The van der Waals surface area contributed by atoms with Gasteiger partial charge in [0.1, 0.15) is 17.2 Å². The summed E-state index contributed by atoms with van der Waals surface area (Å²) in [5.41, 5.74) is 0.959. The van der Waals surface area contributed by atoms with Crippen molar-refractivity contribution in [3.05, 3.63) is 42.5 Å². The van der Waals surface area contributed by atoms with Gasteiger partial charge in [-0.25, -0.2) is 9.97 Å². The molecule has 0 aliphatic carbocycles. The number of hydrogen-bond acceptors (Lipinski definition) is 8. The van der Waals surface area contributed by atoms with Gasteiger partial charge in [-0.3, -0.25) is 0 Å². The van der Waals surface area contributed by atoms with Crippen molar-refractivity contribution in [1.29, 1.82) is 0 Å². The fraction of sp³-hybridized carbons (Fsp3) is 0.429. The lowest BCUT2D eigenvalue weighted by Crippen LogP contribution is -2.39. The molecule has 6 nitrogen and oxygen atoms in total. The molecule has 0 bridgehead atoms. The van der Waals surface area contributed by atoms with E-state index < -0.39 is 0 Å². The molecule has 2 atom stereocenters. The maximum Gasteiger partial charge on any atom is 0.237 e. The normalized spacial score (nSPS) is 19.5. The average molecular weight is 428 g/mol. The molecule has 3 heterocycles. The molecular formula is C21H25N5OS2. The van der Waals surface area contributed by atoms with Crippen molar-refractivity contribution in [2.45, 2.75) is 35.9 Å². The standard InChI is InChI=1S/C21H25N5OS2/c1-14-8-15(2)11-26(10-14)18-9-20(23-13-22-18)29-12-19-24-21(25-27-19)16-4-6-17(28-3)7-5-16/h4-7,9,13-15H,8,10-12H2,1-3H3. The number of nitrogens with zero attached hydrogens (tertiary/aromatic N) is 5. The second-order valence-corrected chi connectivity index (χ2v) is 9.47. The lowest BCUT2D eigenvalue weighted by molar-refractivity contribution is 0.355. The molecule has 0 radical (unpaired) electrons. The first-order valence-electron chi connectivity index (χ1n) is 9.77. The van der Waals surface area contributed by atoms with Crippen LogP contribution in [0.15, 0.2) is 51.1 Å². The van der Waals surface area contributed by atoms with Gasteiger partial charge in [0, 0.05) is 29.6 Å². The number of aromatic nitrogens is 4. The smallest absolute Gasteiger partial charge is 0.237 e. The molecule has 2 unspecified atom stereocenters. The molecule has 3 aromatic rings. The molecule has 1 aliphatic rings. The first kappa shape index (κ1) is 20.2. The number of hydrogen-bond donors (Lipinski definition) is 0. The Balaban J connectivity index is 1.40. The fourth-order valence-electron chi connectivity index (χ4n) is 3.74. The van der Waals surface area contributed by atoms with Crippen molar-refractivity contribution >= 4 is 29.3 Å². The number of thioether (sulfide) groups is 2. The highest BCUT2D eigenvalue weighted by Gasteiger charge is 2.23. The van der Waals surface area contributed by atoms with Crippen LogP contribution in [0.4, 0.5) is 5.82 Å². The Kier molecular flexibility index (Phi) is 6.40. The second kappa shape index (κ2) is 9.17. The molecular weight excluding hydrogens is 402 g/mol. The van der Waals surface area contributed by atoms with E-state index >= 15 is 0 Å². The van der Waals surface area contributed by atoms with E-state index in [4.69, 9.17) is 4.52 Å². The quantitative estimate of drug-likeness (QED) is 0.401. The molecule has 8 heteroatoms. The van der Waals surface area contributed by atoms with E-state index in [1.54, 1.807) is 29.9 Å². The van der Waals surface area contributed by atoms with Crippen molar-refractivity contribution in [2.24, 2.45) is 11.8 Å². The van der Waals surface area contributed by atoms with Crippen LogP contribution in [0.25, 0.3) is 11.4 Å². The van der Waals surface area contributed by atoms with E-state index in [1.807, 2.05) is 12.1 Å². The van der Waals surface area contributed by atoms with E-state index in [9.17, 15) is 0 Å². The van der Waals surface area contributed by atoms with Gasteiger partial charge in [0.15, 0.2) is 0 Å². The Morgan fingerprint density at radius 3 is 2.59 bits per heavy atom. The predicted molar refractivity (Wildman–Crippen MR) is 118 cm³/mol. The number of piperidine rings is 1. The summed E-state index contributed by atoms with van der Waals surface area (Å²) in [5.74, 6) is 4.17. The Morgan fingerprint density at radius 2 is 1.86 bits per heavy atom. The summed E-state index contributed by atoms with van der Waals surface area (Å²) < 4.78 is 5.43. The van der Waals surface area contributed by atoms with Crippen LogP contribution in [0.3, 0.4) is 0 Å². The van der Waals surface area contributed by atoms with Crippen LogP contribution in [0.1, 0.15) is 26.2 Å². The van der Waals surface area contributed by atoms with Crippen LogP contribution >= 0.6 is 23.5 Å². The molecule has 4 rings (SSSR count). The summed E-state index contributed by atoms with van der Waals surface area (Å²) in [4.78, 5) is 17.0. The first-order chi connectivity index (χ1) is 14.1. The Hall–Kier alpha value is -2.06. The molecule has 29 heavy (non-hydrogen) atoms. The summed E-state index contributed by atoms with van der Waals surface area (Å²) in [6.45, 7) is 6.71. The summed E-state index contributed by atoms with van der Waals surface area (Å²) in [6, 6.07) is 10.2. The molecule has 0 amide bonds.